The van der Waals surface area contributed by atoms with Gasteiger partial charge >= 0.3 is 11.7 Å². The van der Waals surface area contributed by atoms with E-state index in [1.807, 2.05) is 54.2 Å². The lowest BCUT2D eigenvalue weighted by atomic mass is 10.1. The molecule has 0 aliphatic heterocycles. The van der Waals surface area contributed by atoms with Crippen molar-refractivity contribution < 1.29 is 9.53 Å². The lowest BCUT2D eigenvalue weighted by Gasteiger charge is -2.13. The van der Waals surface area contributed by atoms with E-state index in [-0.39, 0.29) is 0 Å². The maximum Gasteiger partial charge on any atom is 0.336 e. The Morgan fingerprint density at radius 2 is 1.84 bits per heavy atom. The van der Waals surface area contributed by atoms with Crippen molar-refractivity contribution in [1.29, 1.82) is 0 Å². The Labute approximate surface area is 184 Å². The summed E-state index contributed by atoms with van der Waals surface area (Å²) >= 11 is 0. The van der Waals surface area contributed by atoms with Crippen molar-refractivity contribution in [2.45, 2.75) is 26.3 Å². The van der Waals surface area contributed by atoms with E-state index in [9.17, 15) is 14.4 Å². The highest BCUT2D eigenvalue weighted by atomic mass is 16.5. The number of carbonyl (C=O) groups is 1. The van der Waals surface area contributed by atoms with Crippen LogP contribution >= 0.6 is 0 Å². The molecule has 164 valence electrons. The van der Waals surface area contributed by atoms with Gasteiger partial charge in [0, 0.05) is 24.1 Å². The number of ether oxygens (including phenoxy) is 1. The van der Waals surface area contributed by atoms with Gasteiger partial charge in [0.15, 0.2) is 0 Å². The molecule has 0 unspecified atom stereocenters. The highest BCUT2D eigenvalue weighted by molar-refractivity contribution is 5.92. The second kappa shape index (κ2) is 8.70. The summed E-state index contributed by atoms with van der Waals surface area (Å²) < 4.78 is 9.10. The zero-order valence-corrected chi connectivity index (χ0v) is 18.4. The van der Waals surface area contributed by atoms with Crippen molar-refractivity contribution in [3.63, 3.8) is 0 Å². The van der Waals surface area contributed by atoms with Crippen LogP contribution in [0.5, 0.6) is 0 Å². The predicted molar refractivity (Wildman–Crippen MR) is 126 cm³/mol. The van der Waals surface area contributed by atoms with Crippen molar-refractivity contribution in [2.75, 3.05) is 7.11 Å². The number of allylic oxidation sites excluding steroid dienone is 1. The predicted octanol–water partition coefficient (Wildman–Crippen LogP) is 3.63. The van der Waals surface area contributed by atoms with Gasteiger partial charge in [0.2, 0.25) is 0 Å². The zero-order chi connectivity index (χ0) is 22.8. The summed E-state index contributed by atoms with van der Waals surface area (Å²) in [4.78, 5) is 38.7. The number of benzene rings is 2. The van der Waals surface area contributed by atoms with Crippen LogP contribution in [-0.4, -0.2) is 26.8 Å². The third-order valence-corrected chi connectivity index (χ3v) is 5.56. The van der Waals surface area contributed by atoms with Crippen LogP contribution in [0.3, 0.4) is 0 Å². The lowest BCUT2D eigenvalue weighted by Crippen LogP contribution is -2.41. The number of fused-ring (bicyclic) bond motifs is 2. The molecule has 0 N–H and O–H groups in total. The van der Waals surface area contributed by atoms with E-state index in [4.69, 9.17) is 4.74 Å². The number of para-hydroxylation sites is 1. The monoisotopic (exact) mass is 431 g/mol. The number of hydrogen-bond donors (Lipinski definition) is 0. The normalized spacial score (nSPS) is 11.6. The van der Waals surface area contributed by atoms with E-state index in [0.717, 1.165) is 33.9 Å². The largest absolute Gasteiger partial charge is 0.468 e. The van der Waals surface area contributed by atoms with Crippen LogP contribution in [0.4, 0.5) is 0 Å². The maximum atomic E-state index is 13.5. The van der Waals surface area contributed by atoms with Crippen molar-refractivity contribution in [1.82, 2.24) is 13.7 Å². The molecule has 7 nitrogen and oxygen atoms in total. The van der Waals surface area contributed by atoms with Crippen molar-refractivity contribution >= 4 is 33.9 Å². The van der Waals surface area contributed by atoms with E-state index in [1.54, 1.807) is 12.1 Å². The van der Waals surface area contributed by atoms with Crippen LogP contribution < -0.4 is 11.2 Å². The number of aryl methyl sites for hydroxylation is 1. The first kappa shape index (κ1) is 21.4. The molecule has 4 rings (SSSR count). The van der Waals surface area contributed by atoms with Crippen molar-refractivity contribution in [3.05, 3.63) is 81.1 Å². The van der Waals surface area contributed by atoms with E-state index in [0.29, 0.717) is 16.6 Å². The molecular weight excluding hydrogens is 406 g/mol. The van der Waals surface area contributed by atoms with Crippen LogP contribution in [0.1, 0.15) is 25.3 Å². The molecular formula is C25H25N3O4. The van der Waals surface area contributed by atoms with E-state index >= 15 is 0 Å². The summed E-state index contributed by atoms with van der Waals surface area (Å²) in [7, 11) is 3.13. The van der Waals surface area contributed by atoms with E-state index in [2.05, 4.69) is 13.0 Å². The fourth-order valence-corrected chi connectivity index (χ4v) is 3.93. The molecule has 0 amide bonds. The minimum Gasteiger partial charge on any atom is -0.468 e. The molecule has 0 saturated heterocycles. The van der Waals surface area contributed by atoms with Crippen LogP contribution in [0.15, 0.2) is 64.3 Å². The van der Waals surface area contributed by atoms with Crippen molar-refractivity contribution in [3.8, 4) is 5.69 Å². The maximum absolute atomic E-state index is 13.5. The van der Waals surface area contributed by atoms with Crippen LogP contribution in [0.2, 0.25) is 0 Å². The third kappa shape index (κ3) is 3.66. The van der Waals surface area contributed by atoms with Gasteiger partial charge in [-0.15, -0.1) is 0 Å². The first-order valence-electron chi connectivity index (χ1n) is 10.5. The highest BCUT2D eigenvalue weighted by Gasteiger charge is 2.19. The Kier molecular flexibility index (Phi) is 5.81. The fraction of sp³-hybridized carbons (Fsp3) is 0.240. The molecule has 0 spiro atoms. The number of esters is 1. The molecule has 0 bridgehead atoms. The van der Waals surface area contributed by atoms with Gasteiger partial charge in [-0.25, -0.2) is 9.36 Å². The molecule has 2 heterocycles. The Balaban J connectivity index is 2.07. The van der Waals surface area contributed by atoms with Gasteiger partial charge in [0.1, 0.15) is 6.54 Å². The Hall–Kier alpha value is -3.87. The average molecular weight is 431 g/mol. The summed E-state index contributed by atoms with van der Waals surface area (Å²) in [6.07, 6.45) is 7.82. The molecule has 0 saturated carbocycles. The molecule has 0 radical (unpaired) electrons. The molecule has 2 aromatic carbocycles. The lowest BCUT2D eigenvalue weighted by molar-refractivity contribution is -0.141. The van der Waals surface area contributed by atoms with Crippen LogP contribution in [0, 0.1) is 0 Å². The minimum absolute atomic E-state index is 0.361. The van der Waals surface area contributed by atoms with E-state index in [1.165, 1.54) is 11.7 Å². The molecule has 0 aliphatic rings. The molecule has 32 heavy (non-hydrogen) atoms. The SMILES string of the molecule is CCC/C=C/c1ccc2c(c1)c(=O)n(CC(=O)OC)c(=O)n2-c1cn(C)c2ccccc12. The first-order valence-corrected chi connectivity index (χ1v) is 10.5. The number of hydrogen-bond acceptors (Lipinski definition) is 4. The van der Waals surface area contributed by atoms with Gasteiger partial charge in [0.25, 0.3) is 5.56 Å². The molecule has 4 aromatic rings. The number of nitrogens with zero attached hydrogens (tertiary/aromatic N) is 3. The van der Waals surface area contributed by atoms with Crippen LogP contribution in [-0.2, 0) is 23.1 Å². The summed E-state index contributed by atoms with van der Waals surface area (Å²) in [5.41, 5.74) is 1.84. The van der Waals surface area contributed by atoms with Gasteiger partial charge in [-0.05, 0) is 30.2 Å². The summed E-state index contributed by atoms with van der Waals surface area (Å²) in [6.45, 7) is 1.64. The number of aromatic nitrogens is 3. The molecule has 0 atom stereocenters. The smallest absolute Gasteiger partial charge is 0.336 e. The Bertz CT molecular complexity index is 1470. The number of rotatable bonds is 6. The summed E-state index contributed by atoms with van der Waals surface area (Å²) in [6, 6.07) is 13.2. The van der Waals surface area contributed by atoms with Gasteiger partial charge in [0.05, 0.1) is 23.7 Å². The first-order chi connectivity index (χ1) is 15.5. The average Bonchev–Trinajstić information content (AvgIpc) is 3.13. The van der Waals surface area contributed by atoms with Gasteiger partial charge in [-0.3, -0.25) is 14.2 Å². The standard InChI is InChI=1S/C25H25N3O4/c1-4-5-6-9-17-12-13-21-19(14-17)24(30)27(16-23(29)32-3)25(31)28(21)22-15-26(2)20-11-8-7-10-18(20)22/h6-15H,4-5,16H2,1-3H3/b9-6+. The zero-order valence-electron chi connectivity index (χ0n) is 18.4. The Morgan fingerprint density at radius 3 is 2.59 bits per heavy atom. The second-order valence-electron chi connectivity index (χ2n) is 7.70. The third-order valence-electron chi connectivity index (χ3n) is 5.56. The molecule has 2 aromatic heterocycles. The topological polar surface area (TPSA) is 75.2 Å². The van der Waals surface area contributed by atoms with E-state index < -0.39 is 23.8 Å². The molecule has 0 aliphatic carbocycles. The minimum atomic E-state index is -0.660. The summed E-state index contributed by atoms with van der Waals surface area (Å²) in [5.74, 6) is -0.660. The van der Waals surface area contributed by atoms with Gasteiger partial charge in [-0.1, -0.05) is 49.8 Å². The quantitative estimate of drug-likeness (QED) is 0.437. The molecule has 0 fully saturated rings. The van der Waals surface area contributed by atoms with Crippen LogP contribution in [0.25, 0.3) is 33.6 Å². The molecule has 7 heteroatoms. The highest BCUT2D eigenvalue weighted by Crippen LogP contribution is 2.25. The fourth-order valence-electron chi connectivity index (χ4n) is 3.93. The Morgan fingerprint density at radius 1 is 1.06 bits per heavy atom. The van der Waals surface area contributed by atoms with Gasteiger partial charge < -0.3 is 9.30 Å². The van der Waals surface area contributed by atoms with Gasteiger partial charge in [-0.2, -0.15) is 0 Å². The van der Waals surface area contributed by atoms with Crippen molar-refractivity contribution in [2.24, 2.45) is 7.05 Å². The second-order valence-corrected chi connectivity index (χ2v) is 7.70. The number of unbranched alkanes of at least 4 members (excludes halogenated alkanes) is 1. The summed E-state index contributed by atoms with van der Waals surface area (Å²) in [5, 5.41) is 1.23. The number of carbonyl (C=O) groups excluding carboxylic acids is 1. The number of methoxy groups -OCH3 is 1.